The molecule has 0 aliphatic heterocycles. The highest BCUT2D eigenvalue weighted by Crippen LogP contribution is 2.03. The molecule has 0 spiro atoms. The standard InChI is InChI=1S/C14H19N3O4/c15-10(8-9-4-2-1-3-5-9)13(19)17-11(14(20)21)6-7-12(16)18/h1-5,10-11H,6-8,15H2,(H2,16,18)(H,17,19)(H,20,21)/t10?,11-/m0/s1. The van der Waals surface area contributed by atoms with E-state index in [0.29, 0.717) is 6.42 Å². The summed E-state index contributed by atoms with van der Waals surface area (Å²) in [6.07, 6.45) is 0.120. The number of nitrogens with two attached hydrogens (primary N) is 2. The van der Waals surface area contributed by atoms with E-state index in [2.05, 4.69) is 5.32 Å². The van der Waals surface area contributed by atoms with Crippen LogP contribution in [0.1, 0.15) is 18.4 Å². The molecule has 7 heteroatoms. The van der Waals surface area contributed by atoms with Crippen molar-refractivity contribution in [2.24, 2.45) is 11.5 Å². The summed E-state index contributed by atoms with van der Waals surface area (Å²) < 4.78 is 0. The smallest absolute Gasteiger partial charge is 0.326 e. The van der Waals surface area contributed by atoms with Crippen molar-refractivity contribution in [3.05, 3.63) is 35.9 Å². The van der Waals surface area contributed by atoms with E-state index in [9.17, 15) is 14.4 Å². The minimum atomic E-state index is -1.23. The Balaban J connectivity index is 2.56. The van der Waals surface area contributed by atoms with Crippen molar-refractivity contribution in [2.45, 2.75) is 31.3 Å². The number of benzene rings is 1. The van der Waals surface area contributed by atoms with E-state index in [0.717, 1.165) is 5.56 Å². The first kappa shape index (κ1) is 16.6. The number of carboxylic acid groups (broad SMARTS) is 1. The summed E-state index contributed by atoms with van der Waals surface area (Å²) in [6.45, 7) is 0. The molecule has 21 heavy (non-hydrogen) atoms. The van der Waals surface area contributed by atoms with Gasteiger partial charge in [0, 0.05) is 6.42 Å². The Morgan fingerprint density at radius 3 is 2.33 bits per heavy atom. The molecule has 1 rings (SSSR count). The minimum Gasteiger partial charge on any atom is -0.480 e. The van der Waals surface area contributed by atoms with Crippen molar-refractivity contribution in [3.8, 4) is 0 Å². The third kappa shape index (κ3) is 6.05. The van der Waals surface area contributed by atoms with Gasteiger partial charge < -0.3 is 21.9 Å². The van der Waals surface area contributed by atoms with Crippen molar-refractivity contribution in [3.63, 3.8) is 0 Å². The summed E-state index contributed by atoms with van der Waals surface area (Å²) in [4.78, 5) is 33.6. The van der Waals surface area contributed by atoms with Gasteiger partial charge in [0.2, 0.25) is 11.8 Å². The maximum atomic E-state index is 11.9. The lowest BCUT2D eigenvalue weighted by atomic mass is 10.1. The molecule has 0 aliphatic carbocycles. The van der Waals surface area contributed by atoms with Crippen molar-refractivity contribution >= 4 is 17.8 Å². The van der Waals surface area contributed by atoms with Gasteiger partial charge in [-0.15, -0.1) is 0 Å². The van der Waals surface area contributed by atoms with Crippen LogP contribution in [0.15, 0.2) is 30.3 Å². The average molecular weight is 293 g/mol. The highest BCUT2D eigenvalue weighted by molar-refractivity contribution is 5.87. The summed E-state index contributed by atoms with van der Waals surface area (Å²) in [5.74, 6) is -2.42. The number of nitrogens with one attached hydrogen (secondary N) is 1. The molecule has 2 atom stereocenters. The number of carbonyl (C=O) groups is 3. The van der Waals surface area contributed by atoms with Crippen molar-refractivity contribution < 1.29 is 19.5 Å². The number of carbonyl (C=O) groups excluding carboxylic acids is 2. The Kier molecular flexibility index (Phi) is 6.35. The molecule has 0 saturated heterocycles. The van der Waals surface area contributed by atoms with Crippen LogP contribution in [0.5, 0.6) is 0 Å². The lowest BCUT2D eigenvalue weighted by Gasteiger charge is -2.17. The second-order valence-electron chi connectivity index (χ2n) is 4.70. The van der Waals surface area contributed by atoms with Crippen LogP contribution in [0.2, 0.25) is 0 Å². The molecule has 0 radical (unpaired) electrons. The molecule has 2 amide bonds. The predicted octanol–water partition coefficient (Wildman–Crippen LogP) is -0.609. The number of primary amides is 1. The normalized spacial score (nSPS) is 13.2. The van der Waals surface area contributed by atoms with Crippen molar-refractivity contribution in [1.29, 1.82) is 0 Å². The van der Waals surface area contributed by atoms with Crippen LogP contribution in [-0.2, 0) is 20.8 Å². The van der Waals surface area contributed by atoms with Crippen LogP contribution >= 0.6 is 0 Å². The predicted molar refractivity (Wildman–Crippen MR) is 76.1 cm³/mol. The number of amides is 2. The maximum absolute atomic E-state index is 11.9. The van der Waals surface area contributed by atoms with Gasteiger partial charge in [-0.1, -0.05) is 30.3 Å². The molecule has 6 N–H and O–H groups in total. The van der Waals surface area contributed by atoms with Crippen LogP contribution in [0.4, 0.5) is 0 Å². The molecular formula is C14H19N3O4. The van der Waals surface area contributed by atoms with E-state index in [4.69, 9.17) is 16.6 Å². The minimum absolute atomic E-state index is 0.0610. The van der Waals surface area contributed by atoms with Crippen molar-refractivity contribution in [1.82, 2.24) is 5.32 Å². The molecule has 114 valence electrons. The van der Waals surface area contributed by atoms with E-state index in [1.54, 1.807) is 0 Å². The zero-order chi connectivity index (χ0) is 15.8. The molecule has 1 unspecified atom stereocenters. The molecular weight excluding hydrogens is 274 g/mol. The molecule has 1 aromatic carbocycles. The van der Waals surface area contributed by atoms with Gasteiger partial charge in [-0.2, -0.15) is 0 Å². The van der Waals surface area contributed by atoms with Gasteiger partial charge in [0.25, 0.3) is 0 Å². The van der Waals surface area contributed by atoms with E-state index in [1.807, 2.05) is 30.3 Å². The van der Waals surface area contributed by atoms with Crippen LogP contribution in [0, 0.1) is 0 Å². The fourth-order valence-electron chi connectivity index (χ4n) is 1.78. The van der Waals surface area contributed by atoms with Gasteiger partial charge in [-0.05, 0) is 18.4 Å². The van der Waals surface area contributed by atoms with Crippen LogP contribution in [0.25, 0.3) is 0 Å². The van der Waals surface area contributed by atoms with Crippen LogP contribution in [-0.4, -0.2) is 35.0 Å². The summed E-state index contributed by atoms with van der Waals surface area (Å²) in [7, 11) is 0. The monoisotopic (exact) mass is 293 g/mol. The van der Waals surface area contributed by atoms with Gasteiger partial charge in [0.1, 0.15) is 6.04 Å². The molecule has 0 saturated carbocycles. The summed E-state index contributed by atoms with van der Waals surface area (Å²) in [5.41, 5.74) is 11.6. The molecule has 0 aliphatic rings. The first-order valence-electron chi connectivity index (χ1n) is 6.51. The topological polar surface area (TPSA) is 136 Å². The Hall–Kier alpha value is -2.41. The molecule has 7 nitrogen and oxygen atoms in total. The third-order valence-corrected chi connectivity index (χ3v) is 2.93. The molecule has 1 aromatic rings. The van der Waals surface area contributed by atoms with Crippen LogP contribution < -0.4 is 16.8 Å². The fourth-order valence-corrected chi connectivity index (χ4v) is 1.78. The Morgan fingerprint density at radius 1 is 1.19 bits per heavy atom. The van der Waals surface area contributed by atoms with E-state index in [-0.39, 0.29) is 12.8 Å². The van der Waals surface area contributed by atoms with Gasteiger partial charge in [0.05, 0.1) is 6.04 Å². The number of hydrogen-bond acceptors (Lipinski definition) is 4. The number of aliphatic carboxylic acids is 1. The van der Waals surface area contributed by atoms with E-state index in [1.165, 1.54) is 0 Å². The average Bonchev–Trinajstić information content (AvgIpc) is 2.43. The lowest BCUT2D eigenvalue weighted by molar-refractivity contribution is -0.142. The lowest BCUT2D eigenvalue weighted by Crippen LogP contribution is -2.49. The summed E-state index contributed by atoms with van der Waals surface area (Å²) >= 11 is 0. The molecule has 0 aromatic heterocycles. The van der Waals surface area contributed by atoms with Crippen molar-refractivity contribution in [2.75, 3.05) is 0 Å². The Labute approximate surface area is 122 Å². The number of carboxylic acids is 1. The molecule has 0 fully saturated rings. The number of hydrogen-bond donors (Lipinski definition) is 4. The van der Waals surface area contributed by atoms with Gasteiger partial charge in [-0.25, -0.2) is 4.79 Å². The Morgan fingerprint density at radius 2 is 1.81 bits per heavy atom. The van der Waals surface area contributed by atoms with Gasteiger partial charge in [0.15, 0.2) is 0 Å². The second-order valence-corrected chi connectivity index (χ2v) is 4.70. The first-order chi connectivity index (χ1) is 9.90. The van der Waals surface area contributed by atoms with Crippen LogP contribution in [0.3, 0.4) is 0 Å². The summed E-state index contributed by atoms with van der Waals surface area (Å²) in [6, 6.07) is 7.12. The van der Waals surface area contributed by atoms with E-state index < -0.39 is 29.9 Å². The van der Waals surface area contributed by atoms with Gasteiger partial charge in [-0.3, -0.25) is 9.59 Å². The molecule has 0 heterocycles. The quantitative estimate of drug-likeness (QED) is 0.507. The highest BCUT2D eigenvalue weighted by Gasteiger charge is 2.23. The second kappa shape index (κ2) is 8.01. The highest BCUT2D eigenvalue weighted by atomic mass is 16.4. The van der Waals surface area contributed by atoms with Gasteiger partial charge >= 0.3 is 5.97 Å². The maximum Gasteiger partial charge on any atom is 0.326 e. The zero-order valence-corrected chi connectivity index (χ0v) is 11.5. The number of rotatable bonds is 8. The summed E-state index contributed by atoms with van der Waals surface area (Å²) in [5, 5.41) is 11.3. The largest absolute Gasteiger partial charge is 0.480 e. The third-order valence-electron chi connectivity index (χ3n) is 2.93. The first-order valence-corrected chi connectivity index (χ1v) is 6.51. The van der Waals surface area contributed by atoms with E-state index >= 15 is 0 Å². The Bertz CT molecular complexity index is 504. The zero-order valence-electron chi connectivity index (χ0n) is 11.5. The fraction of sp³-hybridized carbons (Fsp3) is 0.357. The SMILES string of the molecule is NC(=O)CC[C@H](NC(=O)C(N)Cc1ccccc1)C(=O)O. The molecule has 0 bridgehead atoms.